The van der Waals surface area contributed by atoms with Gasteiger partial charge in [0.15, 0.2) is 11.5 Å². The molecule has 0 spiro atoms. The van der Waals surface area contributed by atoms with E-state index in [2.05, 4.69) is 63.0 Å². The molecule has 10 nitrogen and oxygen atoms in total. The number of ether oxygens (including phenoxy) is 3. The summed E-state index contributed by atoms with van der Waals surface area (Å²) in [6.07, 6.45) is 1.64. The lowest BCUT2D eigenvalue weighted by molar-refractivity contribution is 0.324. The summed E-state index contributed by atoms with van der Waals surface area (Å²) in [6, 6.07) is 3.62. The normalized spacial score (nSPS) is 10.8. The van der Waals surface area contributed by atoms with Crippen molar-refractivity contribution in [1.29, 1.82) is 0 Å². The zero-order chi connectivity index (χ0) is 22.8. The summed E-state index contributed by atoms with van der Waals surface area (Å²) >= 11 is 0. The van der Waals surface area contributed by atoms with Crippen molar-refractivity contribution < 1.29 is 14.2 Å². The molecule has 1 N–H and O–H groups in total. The number of anilines is 3. The Hall–Kier alpha value is -3.30. The Morgan fingerprint density at radius 1 is 0.806 bits per heavy atom. The Kier molecular flexibility index (Phi) is 9.11. The minimum absolute atomic E-state index is 0.377. The second-order valence-electron chi connectivity index (χ2n) is 6.43. The third-order valence-electron chi connectivity index (χ3n) is 4.77. The smallest absolute Gasteiger partial charge is 0.250 e. The van der Waals surface area contributed by atoms with Crippen LogP contribution in [0.2, 0.25) is 0 Å². The van der Waals surface area contributed by atoms with Crippen molar-refractivity contribution in [2.45, 2.75) is 27.7 Å². The van der Waals surface area contributed by atoms with Crippen LogP contribution < -0.4 is 29.4 Å². The number of hydrogen-bond acceptors (Lipinski definition) is 10. The number of methoxy groups -OCH3 is 3. The molecule has 170 valence electrons. The fourth-order valence-electron chi connectivity index (χ4n) is 3.04. The number of benzene rings is 1. The number of nitrogens with one attached hydrogen (secondary N) is 1. The van der Waals surface area contributed by atoms with E-state index >= 15 is 0 Å². The first-order valence-corrected chi connectivity index (χ1v) is 10.4. The molecule has 10 heteroatoms. The molecule has 31 heavy (non-hydrogen) atoms. The molecule has 0 atom stereocenters. The molecule has 0 unspecified atom stereocenters. The second kappa shape index (κ2) is 11.8. The minimum Gasteiger partial charge on any atom is -0.493 e. The quantitative estimate of drug-likeness (QED) is 0.402. The van der Waals surface area contributed by atoms with Crippen LogP contribution in [0.15, 0.2) is 17.2 Å². The monoisotopic (exact) mass is 431 g/mol. The van der Waals surface area contributed by atoms with Crippen LogP contribution >= 0.6 is 0 Å². The van der Waals surface area contributed by atoms with E-state index in [1.165, 1.54) is 0 Å². The molecule has 1 heterocycles. The summed E-state index contributed by atoms with van der Waals surface area (Å²) in [7, 11) is 4.72. The van der Waals surface area contributed by atoms with E-state index in [4.69, 9.17) is 14.2 Å². The van der Waals surface area contributed by atoms with Crippen molar-refractivity contribution in [3.8, 4) is 17.2 Å². The molecular weight excluding hydrogens is 398 g/mol. The predicted octanol–water partition coefficient (Wildman–Crippen LogP) is 3.04. The third-order valence-corrected chi connectivity index (χ3v) is 4.77. The Morgan fingerprint density at radius 2 is 1.29 bits per heavy atom. The average molecular weight is 432 g/mol. The van der Waals surface area contributed by atoms with Gasteiger partial charge in [-0.3, -0.25) is 0 Å². The highest BCUT2D eigenvalue weighted by Crippen LogP contribution is 2.37. The molecule has 0 aliphatic rings. The lowest BCUT2D eigenvalue weighted by Gasteiger charge is -2.23. The molecule has 0 saturated carbocycles. The standard InChI is InChI=1S/C21H33N7O3/c1-8-27(9-2)20-23-19(24-21(25-20)28(10-3)11-4)26-22-14-15-12-16(29-5)18(31-7)17(13-15)30-6/h12-14H,8-11H2,1-7H3,(H,23,24,25,26). The molecule has 0 aliphatic heterocycles. The number of nitrogens with zero attached hydrogens (tertiary/aromatic N) is 6. The van der Waals surface area contributed by atoms with Crippen LogP contribution in [0.3, 0.4) is 0 Å². The molecule has 2 rings (SSSR count). The number of rotatable bonds is 12. The zero-order valence-electron chi connectivity index (χ0n) is 19.5. The van der Waals surface area contributed by atoms with Crippen LogP contribution in [0.5, 0.6) is 17.2 Å². The highest BCUT2D eigenvalue weighted by molar-refractivity contribution is 5.82. The largest absolute Gasteiger partial charge is 0.493 e. The van der Waals surface area contributed by atoms with E-state index in [1.54, 1.807) is 27.5 Å². The summed E-state index contributed by atoms with van der Waals surface area (Å²) < 4.78 is 16.1. The molecular formula is C21H33N7O3. The van der Waals surface area contributed by atoms with Crippen LogP contribution in [0, 0.1) is 0 Å². The van der Waals surface area contributed by atoms with Crippen molar-refractivity contribution in [3.63, 3.8) is 0 Å². The van der Waals surface area contributed by atoms with Crippen LogP contribution in [0.1, 0.15) is 33.3 Å². The third kappa shape index (κ3) is 5.87. The van der Waals surface area contributed by atoms with Crippen LogP contribution in [0.4, 0.5) is 17.8 Å². The van der Waals surface area contributed by atoms with E-state index in [9.17, 15) is 0 Å². The lowest BCUT2D eigenvalue weighted by Crippen LogP contribution is -2.29. The molecule has 0 aliphatic carbocycles. The van der Waals surface area contributed by atoms with Crippen molar-refractivity contribution in [1.82, 2.24) is 15.0 Å². The van der Waals surface area contributed by atoms with Crippen LogP contribution in [-0.2, 0) is 0 Å². The van der Waals surface area contributed by atoms with Gasteiger partial charge in [0, 0.05) is 31.7 Å². The van der Waals surface area contributed by atoms with Crippen LogP contribution in [0.25, 0.3) is 0 Å². The van der Waals surface area contributed by atoms with Crippen molar-refractivity contribution in [2.75, 3.05) is 62.7 Å². The van der Waals surface area contributed by atoms with Gasteiger partial charge in [-0.2, -0.15) is 20.1 Å². The molecule has 0 bridgehead atoms. The highest BCUT2D eigenvalue weighted by Gasteiger charge is 2.15. The number of aromatic nitrogens is 3. The maximum atomic E-state index is 5.39. The minimum atomic E-state index is 0.377. The van der Waals surface area contributed by atoms with Gasteiger partial charge in [0.2, 0.25) is 23.6 Å². The van der Waals surface area contributed by atoms with Gasteiger partial charge in [0.05, 0.1) is 27.5 Å². The number of hydrogen-bond donors (Lipinski definition) is 1. The van der Waals surface area contributed by atoms with Gasteiger partial charge in [-0.15, -0.1) is 0 Å². The summed E-state index contributed by atoms with van der Waals surface area (Å²) in [6.45, 7) is 11.5. The van der Waals surface area contributed by atoms with E-state index < -0.39 is 0 Å². The molecule has 0 radical (unpaired) electrons. The van der Waals surface area contributed by atoms with E-state index in [1.807, 2.05) is 12.1 Å². The van der Waals surface area contributed by atoms with Gasteiger partial charge in [0.25, 0.3) is 0 Å². The molecule has 0 amide bonds. The molecule has 1 aromatic carbocycles. The van der Waals surface area contributed by atoms with E-state index in [0.717, 1.165) is 31.7 Å². The van der Waals surface area contributed by atoms with Gasteiger partial charge >= 0.3 is 0 Å². The van der Waals surface area contributed by atoms with Gasteiger partial charge in [-0.1, -0.05) is 0 Å². The molecule has 1 aromatic heterocycles. The first kappa shape index (κ1) is 24.0. The Morgan fingerprint density at radius 3 is 1.68 bits per heavy atom. The molecule has 0 saturated heterocycles. The summed E-state index contributed by atoms with van der Waals surface area (Å²) in [4.78, 5) is 17.9. The van der Waals surface area contributed by atoms with Crippen molar-refractivity contribution >= 4 is 24.1 Å². The maximum absolute atomic E-state index is 5.39. The number of hydrazone groups is 1. The molecule has 2 aromatic rings. The molecule has 0 fully saturated rings. The van der Waals surface area contributed by atoms with Crippen molar-refractivity contribution in [2.24, 2.45) is 5.10 Å². The predicted molar refractivity (Wildman–Crippen MR) is 124 cm³/mol. The second-order valence-corrected chi connectivity index (χ2v) is 6.43. The van der Waals surface area contributed by atoms with Gasteiger partial charge in [0.1, 0.15) is 0 Å². The Labute approximate surface area is 184 Å². The van der Waals surface area contributed by atoms with Crippen molar-refractivity contribution in [3.05, 3.63) is 17.7 Å². The van der Waals surface area contributed by atoms with Gasteiger partial charge in [-0.25, -0.2) is 5.43 Å². The highest BCUT2D eigenvalue weighted by atomic mass is 16.5. The summed E-state index contributed by atoms with van der Waals surface area (Å²) in [5.41, 5.74) is 3.69. The average Bonchev–Trinajstić information content (AvgIpc) is 2.80. The summed E-state index contributed by atoms with van der Waals surface area (Å²) in [5, 5.41) is 4.31. The summed E-state index contributed by atoms with van der Waals surface area (Å²) in [5.74, 6) is 3.25. The van der Waals surface area contributed by atoms with Crippen LogP contribution in [-0.4, -0.2) is 68.7 Å². The Balaban J connectivity index is 2.34. The fourth-order valence-corrected chi connectivity index (χ4v) is 3.04. The topological polar surface area (TPSA) is 97.2 Å². The van der Waals surface area contributed by atoms with E-state index in [0.29, 0.717) is 35.1 Å². The van der Waals surface area contributed by atoms with Gasteiger partial charge < -0.3 is 24.0 Å². The SMILES string of the molecule is CCN(CC)c1nc(NN=Cc2cc(OC)c(OC)c(OC)c2)nc(N(CC)CC)n1. The first-order chi connectivity index (χ1) is 15.0. The fraction of sp³-hybridized carbons (Fsp3) is 0.524. The lowest BCUT2D eigenvalue weighted by atomic mass is 10.2. The maximum Gasteiger partial charge on any atom is 0.250 e. The zero-order valence-corrected chi connectivity index (χ0v) is 19.5. The van der Waals surface area contributed by atoms with E-state index in [-0.39, 0.29) is 0 Å². The van der Waals surface area contributed by atoms with Gasteiger partial charge in [-0.05, 0) is 39.8 Å². The first-order valence-electron chi connectivity index (χ1n) is 10.4. The Bertz CT molecular complexity index is 813.